The largest absolute Gasteiger partial charge is 0.507 e. The number of hydrogen-bond donors (Lipinski definition) is 4. The van der Waals surface area contributed by atoms with E-state index in [1.165, 1.54) is 31.0 Å². The highest BCUT2D eigenvalue weighted by molar-refractivity contribution is 6.32. The van der Waals surface area contributed by atoms with Crippen LogP contribution in [0, 0.1) is 0 Å². The van der Waals surface area contributed by atoms with E-state index in [1.807, 2.05) is 4.90 Å². The van der Waals surface area contributed by atoms with Crippen LogP contribution < -0.4 is 15.1 Å². The molecule has 0 spiro atoms. The van der Waals surface area contributed by atoms with Crippen molar-refractivity contribution in [3.8, 4) is 39.7 Å². The lowest BCUT2D eigenvalue weighted by molar-refractivity contribution is 0.0704. The van der Waals surface area contributed by atoms with Crippen molar-refractivity contribution in [3.05, 3.63) is 65.1 Å². The number of hydroxylamine groups is 1. The molecule has 3 heterocycles. The first-order valence-corrected chi connectivity index (χ1v) is 12.3. The third kappa shape index (κ3) is 5.07. The Labute approximate surface area is 232 Å². The van der Waals surface area contributed by atoms with Gasteiger partial charge in [-0.2, -0.15) is 0 Å². The van der Waals surface area contributed by atoms with Crippen LogP contribution in [0.4, 0.5) is 5.95 Å². The number of carbonyl (C=O) groups is 2. The van der Waals surface area contributed by atoms with Crippen LogP contribution in [0.15, 0.2) is 53.3 Å². The lowest BCUT2D eigenvalue weighted by Crippen LogP contribution is -2.49. The molecule has 40 heavy (non-hydrogen) atoms. The van der Waals surface area contributed by atoms with E-state index in [1.54, 1.807) is 29.2 Å². The Morgan fingerprint density at radius 3 is 2.33 bits per heavy atom. The molecule has 2 aromatic heterocycles. The average molecular weight is 567 g/mol. The number of anilines is 1. The first kappa shape index (κ1) is 26.7. The monoisotopic (exact) mass is 566 g/mol. The second-order valence-electron chi connectivity index (χ2n) is 8.78. The number of phenolic OH excluding ortho intramolecular Hbond substituents is 2. The lowest BCUT2D eigenvalue weighted by atomic mass is 9.98. The van der Waals surface area contributed by atoms with Crippen molar-refractivity contribution in [1.29, 1.82) is 0 Å². The lowest BCUT2D eigenvalue weighted by Gasteiger charge is -2.34. The summed E-state index contributed by atoms with van der Waals surface area (Å²) in [6.45, 7) is 1.46. The Morgan fingerprint density at radius 1 is 1.02 bits per heavy atom. The molecule has 2 aromatic carbocycles. The van der Waals surface area contributed by atoms with Crippen LogP contribution in [-0.4, -0.2) is 80.5 Å². The molecule has 0 radical (unpaired) electrons. The van der Waals surface area contributed by atoms with Crippen LogP contribution in [0.2, 0.25) is 5.02 Å². The minimum Gasteiger partial charge on any atom is -0.507 e. The fraction of sp³-hybridized carbons (Fsp3) is 0.192. The maximum Gasteiger partial charge on any atom is 0.277 e. The van der Waals surface area contributed by atoms with E-state index in [4.69, 9.17) is 26.1 Å². The topological polar surface area (TPSA) is 174 Å². The van der Waals surface area contributed by atoms with Crippen LogP contribution >= 0.6 is 11.6 Å². The zero-order valence-electron chi connectivity index (χ0n) is 21.0. The highest BCUT2D eigenvalue weighted by Crippen LogP contribution is 2.43. The van der Waals surface area contributed by atoms with E-state index in [0.717, 1.165) is 6.07 Å². The molecule has 1 aliphatic rings. The Hall–Kier alpha value is -4.88. The van der Waals surface area contributed by atoms with Crippen molar-refractivity contribution in [3.63, 3.8) is 0 Å². The van der Waals surface area contributed by atoms with Gasteiger partial charge in [0.05, 0.1) is 28.8 Å². The summed E-state index contributed by atoms with van der Waals surface area (Å²) in [5.41, 5.74) is 2.75. The van der Waals surface area contributed by atoms with Crippen molar-refractivity contribution >= 4 is 29.4 Å². The zero-order valence-corrected chi connectivity index (χ0v) is 21.8. The van der Waals surface area contributed by atoms with E-state index in [-0.39, 0.29) is 45.0 Å². The number of hydrogen-bond acceptors (Lipinski definition) is 11. The summed E-state index contributed by atoms with van der Waals surface area (Å²) >= 11 is 6.10. The normalized spacial score (nSPS) is 13.3. The molecule has 13 nitrogen and oxygen atoms in total. The summed E-state index contributed by atoms with van der Waals surface area (Å²) in [4.78, 5) is 37.0. The molecule has 2 amide bonds. The van der Waals surface area contributed by atoms with Crippen molar-refractivity contribution in [2.75, 3.05) is 38.2 Å². The van der Waals surface area contributed by atoms with Gasteiger partial charge in [-0.25, -0.2) is 15.4 Å². The first-order valence-electron chi connectivity index (χ1n) is 12.0. The van der Waals surface area contributed by atoms with Gasteiger partial charge in [0.25, 0.3) is 11.8 Å². The third-order valence-electron chi connectivity index (χ3n) is 6.43. The van der Waals surface area contributed by atoms with Crippen LogP contribution in [0.1, 0.15) is 20.8 Å². The number of halogens is 1. The van der Waals surface area contributed by atoms with Gasteiger partial charge in [0, 0.05) is 44.6 Å². The van der Waals surface area contributed by atoms with Crippen LogP contribution in [-0.2, 0) is 0 Å². The Morgan fingerprint density at radius 2 is 1.70 bits per heavy atom. The number of carbonyl (C=O) groups excluding carboxylic acids is 2. The zero-order chi connectivity index (χ0) is 28.4. The van der Waals surface area contributed by atoms with Gasteiger partial charge in [0.2, 0.25) is 5.95 Å². The fourth-order valence-electron chi connectivity index (χ4n) is 4.30. The minimum atomic E-state index is -0.718. The standard InChI is InChI=1S/C26H23ClN6O7/c1-39-16-4-2-14(3-5-16)21-22(31-40-23(21)17-10-18(27)20(35)11-19(17)34)25(37)32-6-8-33(9-7-32)26-28-12-15(13-29-26)24(36)30-38/h2-5,10-13,34-35,38H,6-9H2,1H3,(H,30,36). The van der Waals surface area contributed by atoms with E-state index in [9.17, 15) is 19.8 Å². The molecule has 0 unspecified atom stereocenters. The smallest absolute Gasteiger partial charge is 0.277 e. The second kappa shape index (κ2) is 11.1. The molecule has 1 fully saturated rings. The highest BCUT2D eigenvalue weighted by atomic mass is 35.5. The predicted octanol–water partition coefficient (Wildman–Crippen LogP) is 2.95. The molecule has 5 rings (SSSR count). The molecule has 0 atom stereocenters. The molecule has 0 saturated carbocycles. The van der Waals surface area contributed by atoms with Crippen molar-refractivity contribution in [2.45, 2.75) is 0 Å². The van der Waals surface area contributed by atoms with Gasteiger partial charge in [0.15, 0.2) is 11.5 Å². The molecule has 206 valence electrons. The van der Waals surface area contributed by atoms with Gasteiger partial charge in [0.1, 0.15) is 17.2 Å². The summed E-state index contributed by atoms with van der Waals surface area (Å²) in [5.74, 6) is -0.629. The highest BCUT2D eigenvalue weighted by Gasteiger charge is 2.31. The number of rotatable bonds is 6. The number of aromatic hydroxyl groups is 2. The van der Waals surface area contributed by atoms with Gasteiger partial charge in [-0.15, -0.1) is 0 Å². The summed E-state index contributed by atoms with van der Waals surface area (Å²) in [7, 11) is 1.54. The maximum atomic E-state index is 13.7. The minimum absolute atomic E-state index is 0.0129. The number of aromatic nitrogens is 3. The van der Waals surface area contributed by atoms with Crippen molar-refractivity contribution in [1.82, 2.24) is 25.5 Å². The molecule has 1 aliphatic heterocycles. The Balaban J connectivity index is 1.43. The molecule has 0 bridgehead atoms. The summed E-state index contributed by atoms with van der Waals surface area (Å²) in [6.07, 6.45) is 2.60. The van der Waals surface area contributed by atoms with E-state index < -0.39 is 5.91 Å². The van der Waals surface area contributed by atoms with E-state index >= 15 is 0 Å². The summed E-state index contributed by atoms with van der Waals surface area (Å²) in [6, 6.07) is 9.34. The molecule has 4 N–H and O–H groups in total. The van der Waals surface area contributed by atoms with E-state index in [0.29, 0.717) is 49.0 Å². The van der Waals surface area contributed by atoms with Crippen molar-refractivity contribution < 1.29 is 34.3 Å². The molecule has 1 saturated heterocycles. The quantitative estimate of drug-likeness (QED) is 0.199. The number of nitrogens with zero attached hydrogens (tertiary/aromatic N) is 5. The number of nitrogens with one attached hydrogen (secondary N) is 1. The molecule has 4 aromatic rings. The first-order chi connectivity index (χ1) is 19.3. The molecular formula is C26H23ClN6O7. The Kier molecular flexibility index (Phi) is 7.40. The van der Waals surface area contributed by atoms with Gasteiger partial charge in [-0.3, -0.25) is 14.8 Å². The second-order valence-corrected chi connectivity index (χ2v) is 9.18. The molecule has 0 aliphatic carbocycles. The summed E-state index contributed by atoms with van der Waals surface area (Å²) < 4.78 is 10.8. The number of benzene rings is 2. The van der Waals surface area contributed by atoms with Gasteiger partial charge in [-0.1, -0.05) is 28.9 Å². The average Bonchev–Trinajstić information content (AvgIpc) is 3.43. The maximum absolute atomic E-state index is 13.7. The van der Waals surface area contributed by atoms with Crippen molar-refractivity contribution in [2.24, 2.45) is 0 Å². The van der Waals surface area contributed by atoms with E-state index in [2.05, 4.69) is 15.1 Å². The number of piperazine rings is 1. The van der Waals surface area contributed by atoms with Gasteiger partial charge < -0.3 is 29.3 Å². The number of ether oxygens (including phenoxy) is 1. The Bertz CT molecular complexity index is 1550. The molecule has 14 heteroatoms. The number of amides is 2. The number of methoxy groups -OCH3 is 1. The van der Waals surface area contributed by atoms with Gasteiger partial charge in [-0.05, 0) is 23.8 Å². The van der Waals surface area contributed by atoms with Crippen LogP contribution in [0.3, 0.4) is 0 Å². The molecular weight excluding hydrogens is 544 g/mol. The summed E-state index contributed by atoms with van der Waals surface area (Å²) in [5, 5.41) is 33.2. The van der Waals surface area contributed by atoms with Crippen LogP contribution in [0.25, 0.3) is 22.5 Å². The fourth-order valence-corrected chi connectivity index (χ4v) is 4.47. The SMILES string of the molecule is COc1ccc(-c2c(C(=O)N3CCN(c4ncc(C(=O)NO)cn4)CC3)noc2-c2cc(Cl)c(O)cc2O)cc1. The predicted molar refractivity (Wildman–Crippen MR) is 142 cm³/mol. The van der Waals surface area contributed by atoms with Crippen LogP contribution in [0.5, 0.6) is 17.2 Å². The number of phenols is 2. The third-order valence-corrected chi connectivity index (χ3v) is 6.74. The van der Waals surface area contributed by atoms with Gasteiger partial charge >= 0.3 is 0 Å².